The van der Waals surface area contributed by atoms with E-state index in [1.54, 1.807) is 23.1 Å². The first-order valence-electron chi connectivity index (χ1n) is 9.60. The molecule has 0 aromatic heterocycles. The fourth-order valence-corrected chi connectivity index (χ4v) is 3.79. The van der Waals surface area contributed by atoms with Gasteiger partial charge in [0.2, 0.25) is 0 Å². The maximum absolute atomic E-state index is 12.2. The van der Waals surface area contributed by atoms with Crippen LogP contribution in [-0.4, -0.2) is 41.9 Å². The molecular weight excluding hydrogens is 330 g/mol. The van der Waals surface area contributed by atoms with Crippen molar-refractivity contribution in [1.82, 2.24) is 4.90 Å². The predicted molar refractivity (Wildman–Crippen MR) is 102 cm³/mol. The van der Waals surface area contributed by atoms with Crippen molar-refractivity contribution in [2.75, 3.05) is 31.1 Å². The monoisotopic (exact) mass is 357 g/mol. The Morgan fingerprint density at radius 2 is 1.81 bits per heavy atom. The van der Waals surface area contributed by atoms with Crippen LogP contribution in [0.4, 0.5) is 11.4 Å². The lowest BCUT2D eigenvalue weighted by molar-refractivity contribution is -0.384. The number of nitro groups is 1. The molecule has 2 heterocycles. The number of hydrogen-bond donors (Lipinski definition) is 0. The number of benzene rings is 1. The number of non-ortho nitro benzene ring substituents is 1. The van der Waals surface area contributed by atoms with Crippen molar-refractivity contribution in [1.29, 1.82) is 0 Å². The minimum Gasteiger partial charge on any atom is -0.308 e. The van der Waals surface area contributed by atoms with Crippen LogP contribution >= 0.6 is 0 Å². The van der Waals surface area contributed by atoms with Gasteiger partial charge in [0.1, 0.15) is 0 Å². The Hall–Kier alpha value is -2.21. The number of carbonyl (C=O) groups is 1. The van der Waals surface area contributed by atoms with Crippen LogP contribution < -0.4 is 4.90 Å². The number of piperidine rings is 1. The summed E-state index contributed by atoms with van der Waals surface area (Å²) in [5.41, 5.74) is 0.770. The van der Waals surface area contributed by atoms with Gasteiger partial charge in [-0.1, -0.05) is 18.9 Å². The van der Waals surface area contributed by atoms with Crippen molar-refractivity contribution < 1.29 is 9.72 Å². The highest BCUT2D eigenvalue weighted by Gasteiger charge is 2.22. The maximum atomic E-state index is 12.2. The third-order valence-corrected chi connectivity index (χ3v) is 5.31. The molecule has 1 saturated heterocycles. The van der Waals surface area contributed by atoms with Crippen molar-refractivity contribution in [2.24, 2.45) is 5.92 Å². The second kappa shape index (κ2) is 8.94. The molecule has 6 nitrogen and oxygen atoms in total. The van der Waals surface area contributed by atoms with Gasteiger partial charge in [-0.05, 0) is 69.4 Å². The summed E-state index contributed by atoms with van der Waals surface area (Å²) in [7, 11) is 0. The van der Waals surface area contributed by atoms with Crippen LogP contribution in [0, 0.1) is 16.0 Å². The highest BCUT2D eigenvalue weighted by Crippen LogP contribution is 2.25. The van der Waals surface area contributed by atoms with Crippen LogP contribution in [0.25, 0.3) is 0 Å². The van der Waals surface area contributed by atoms with Gasteiger partial charge in [-0.3, -0.25) is 14.9 Å². The third-order valence-electron chi connectivity index (χ3n) is 5.31. The normalized spacial score (nSPS) is 21.2. The van der Waals surface area contributed by atoms with E-state index in [4.69, 9.17) is 0 Å². The second-order valence-electron chi connectivity index (χ2n) is 7.24. The van der Waals surface area contributed by atoms with E-state index in [1.807, 2.05) is 6.08 Å². The summed E-state index contributed by atoms with van der Waals surface area (Å²) in [6.45, 7) is 4.32. The summed E-state index contributed by atoms with van der Waals surface area (Å²) in [4.78, 5) is 26.8. The van der Waals surface area contributed by atoms with Gasteiger partial charge < -0.3 is 9.80 Å². The quantitative estimate of drug-likeness (QED) is 0.423. The molecule has 0 bridgehead atoms. The van der Waals surface area contributed by atoms with Crippen LogP contribution in [0.15, 0.2) is 36.4 Å². The number of nitro benzene ring substituents is 1. The van der Waals surface area contributed by atoms with Gasteiger partial charge in [0.15, 0.2) is 0 Å². The zero-order chi connectivity index (χ0) is 18.4. The number of carbonyl (C=O) groups excluding carboxylic acids is 1. The predicted octanol–water partition coefficient (Wildman–Crippen LogP) is 3.77. The third kappa shape index (κ3) is 4.91. The van der Waals surface area contributed by atoms with Crippen LogP contribution in [0.3, 0.4) is 0 Å². The van der Waals surface area contributed by atoms with E-state index >= 15 is 0 Å². The van der Waals surface area contributed by atoms with E-state index < -0.39 is 4.92 Å². The molecule has 26 heavy (non-hydrogen) atoms. The van der Waals surface area contributed by atoms with Crippen molar-refractivity contribution in [3.8, 4) is 0 Å². The second-order valence-corrected chi connectivity index (χ2v) is 7.24. The molecule has 1 aromatic rings. The van der Waals surface area contributed by atoms with E-state index in [-0.39, 0.29) is 11.6 Å². The average Bonchev–Trinajstić information content (AvgIpc) is 2.67. The molecule has 1 amide bonds. The van der Waals surface area contributed by atoms with Crippen LogP contribution in [0.5, 0.6) is 0 Å². The summed E-state index contributed by atoms with van der Waals surface area (Å²) in [5, 5.41) is 10.8. The Balaban J connectivity index is 1.48. The summed E-state index contributed by atoms with van der Waals surface area (Å²) >= 11 is 0. The summed E-state index contributed by atoms with van der Waals surface area (Å²) < 4.78 is 0. The van der Waals surface area contributed by atoms with Crippen molar-refractivity contribution in [3.63, 3.8) is 0 Å². The molecule has 0 spiro atoms. The molecule has 2 aliphatic rings. The molecule has 0 saturated carbocycles. The zero-order valence-electron chi connectivity index (χ0n) is 15.2. The van der Waals surface area contributed by atoms with Gasteiger partial charge >= 0.3 is 0 Å². The maximum Gasteiger partial charge on any atom is 0.269 e. The Labute approximate surface area is 154 Å². The molecule has 1 aromatic carbocycles. The molecule has 0 N–H and O–H groups in total. The first-order chi connectivity index (χ1) is 12.6. The minimum atomic E-state index is -0.424. The standard InChI is InChI=1S/C20H27N3O3/c24-20-12-7-17(6-2-5-15-21-13-3-1-4-14-21)16-22(20)18-8-10-19(11-9-18)23(25)26/h7-12,17H,1-6,13-16H2. The molecule has 2 aliphatic heterocycles. The summed E-state index contributed by atoms with van der Waals surface area (Å²) in [5.74, 6) is 0.299. The number of unbranched alkanes of at least 4 members (excludes halogenated alkanes) is 1. The van der Waals surface area contributed by atoms with E-state index in [0.717, 1.165) is 18.5 Å². The molecule has 1 atom stereocenters. The van der Waals surface area contributed by atoms with Crippen molar-refractivity contribution in [2.45, 2.75) is 38.5 Å². The molecule has 0 radical (unpaired) electrons. The topological polar surface area (TPSA) is 66.7 Å². The van der Waals surface area contributed by atoms with Gasteiger partial charge in [0.05, 0.1) is 4.92 Å². The first kappa shape index (κ1) is 18.6. The molecule has 1 unspecified atom stereocenters. The van der Waals surface area contributed by atoms with Crippen LogP contribution in [0.1, 0.15) is 38.5 Å². The zero-order valence-corrected chi connectivity index (χ0v) is 15.2. The molecule has 0 aliphatic carbocycles. The van der Waals surface area contributed by atoms with Crippen molar-refractivity contribution >= 4 is 17.3 Å². The van der Waals surface area contributed by atoms with E-state index in [9.17, 15) is 14.9 Å². The Morgan fingerprint density at radius 1 is 1.08 bits per heavy atom. The SMILES string of the molecule is O=C1C=CC(CCCCN2CCCCC2)CN1c1ccc([N+](=O)[O-])cc1. The molecule has 1 fully saturated rings. The summed E-state index contributed by atoms with van der Waals surface area (Å²) in [6.07, 6.45) is 11.1. The molecular formula is C20H27N3O3. The number of nitrogens with zero attached hydrogens (tertiary/aromatic N) is 3. The lowest BCUT2D eigenvalue weighted by Crippen LogP contribution is -2.37. The fraction of sp³-hybridized carbons (Fsp3) is 0.550. The fourth-order valence-electron chi connectivity index (χ4n) is 3.79. The molecule has 6 heteroatoms. The van der Waals surface area contributed by atoms with E-state index in [2.05, 4.69) is 4.90 Å². The van der Waals surface area contributed by atoms with Gasteiger partial charge in [0, 0.05) is 24.4 Å². The van der Waals surface area contributed by atoms with Crippen LogP contribution in [-0.2, 0) is 4.79 Å². The molecule has 3 rings (SSSR count). The van der Waals surface area contributed by atoms with Crippen molar-refractivity contribution in [3.05, 3.63) is 46.5 Å². The highest BCUT2D eigenvalue weighted by molar-refractivity contribution is 6.02. The summed E-state index contributed by atoms with van der Waals surface area (Å²) in [6, 6.07) is 6.22. The van der Waals surface area contributed by atoms with E-state index in [0.29, 0.717) is 12.5 Å². The first-order valence-corrected chi connectivity index (χ1v) is 9.60. The Kier molecular flexibility index (Phi) is 6.39. The smallest absolute Gasteiger partial charge is 0.269 e. The Morgan fingerprint density at radius 3 is 2.50 bits per heavy atom. The van der Waals surface area contributed by atoms with Gasteiger partial charge in [-0.15, -0.1) is 0 Å². The van der Waals surface area contributed by atoms with Crippen LogP contribution in [0.2, 0.25) is 0 Å². The van der Waals surface area contributed by atoms with Gasteiger partial charge in [-0.2, -0.15) is 0 Å². The number of hydrogen-bond acceptors (Lipinski definition) is 4. The largest absolute Gasteiger partial charge is 0.308 e. The minimum absolute atomic E-state index is 0.0445. The highest BCUT2D eigenvalue weighted by atomic mass is 16.6. The lowest BCUT2D eigenvalue weighted by Gasteiger charge is -2.29. The number of rotatable bonds is 7. The number of anilines is 1. The van der Waals surface area contributed by atoms with Gasteiger partial charge in [0.25, 0.3) is 11.6 Å². The van der Waals surface area contributed by atoms with E-state index in [1.165, 1.54) is 57.5 Å². The van der Waals surface area contributed by atoms with Gasteiger partial charge in [-0.25, -0.2) is 0 Å². The average molecular weight is 357 g/mol. The number of likely N-dealkylation sites (tertiary alicyclic amines) is 1. The lowest BCUT2D eigenvalue weighted by atomic mass is 9.97. The number of amides is 1. The molecule has 140 valence electrons. The Bertz CT molecular complexity index is 651.